The van der Waals surface area contributed by atoms with Crippen molar-refractivity contribution in [3.05, 3.63) is 29.8 Å². The first kappa shape index (κ1) is 17.8. The Morgan fingerprint density at radius 2 is 2.00 bits per heavy atom. The van der Waals surface area contributed by atoms with Crippen molar-refractivity contribution < 1.29 is 17.9 Å². The number of hydrogen-bond donors (Lipinski definition) is 0. The van der Waals surface area contributed by atoms with Crippen molar-refractivity contribution in [3.8, 4) is 5.75 Å². The number of amides is 1. The molecule has 1 aromatic carbocycles. The minimum absolute atomic E-state index is 0.0469. The molecule has 1 amide bonds. The Morgan fingerprint density at radius 3 is 2.57 bits per heavy atom. The Balaban J connectivity index is 2.01. The van der Waals surface area contributed by atoms with E-state index in [1.54, 1.807) is 18.9 Å². The third kappa shape index (κ3) is 4.05. The van der Waals surface area contributed by atoms with Crippen LogP contribution in [0.5, 0.6) is 5.75 Å². The average Bonchev–Trinajstić information content (AvgIpc) is 2.60. The summed E-state index contributed by atoms with van der Waals surface area (Å²) in [6.45, 7) is 4.58. The standard InChI is InChI=1S/C17H25NO4S/c1-4-23(20,21)16-8-10-18(11-9-16)17(19)13(2)14-6-5-7-15(12-14)22-3/h5-7,12-13,16H,4,8-11H2,1-3H3. The van der Waals surface area contributed by atoms with Gasteiger partial charge in [0, 0.05) is 18.8 Å². The van der Waals surface area contributed by atoms with Crippen molar-refractivity contribution >= 4 is 15.7 Å². The molecule has 1 heterocycles. The molecule has 1 aliphatic heterocycles. The van der Waals surface area contributed by atoms with Crippen LogP contribution in [0.4, 0.5) is 0 Å². The normalized spacial score (nSPS) is 17.8. The topological polar surface area (TPSA) is 63.7 Å². The molecule has 1 unspecified atom stereocenters. The Hall–Kier alpha value is -1.56. The number of ether oxygens (including phenoxy) is 1. The second kappa shape index (κ2) is 7.34. The molecule has 23 heavy (non-hydrogen) atoms. The molecule has 1 aromatic rings. The van der Waals surface area contributed by atoms with Crippen molar-refractivity contribution in [2.75, 3.05) is 26.0 Å². The Labute approximate surface area is 138 Å². The molecule has 1 saturated heterocycles. The number of hydrogen-bond acceptors (Lipinski definition) is 4. The molecule has 1 fully saturated rings. The van der Waals surface area contributed by atoms with Gasteiger partial charge in [-0.2, -0.15) is 0 Å². The lowest BCUT2D eigenvalue weighted by Gasteiger charge is -2.33. The van der Waals surface area contributed by atoms with E-state index in [4.69, 9.17) is 4.74 Å². The molecule has 0 saturated carbocycles. The van der Waals surface area contributed by atoms with Crippen LogP contribution in [0.15, 0.2) is 24.3 Å². The number of carbonyl (C=O) groups excluding carboxylic acids is 1. The minimum atomic E-state index is -3.01. The molecule has 0 spiro atoms. The fraction of sp³-hybridized carbons (Fsp3) is 0.588. The summed E-state index contributed by atoms with van der Waals surface area (Å²) in [5.41, 5.74) is 0.914. The van der Waals surface area contributed by atoms with Gasteiger partial charge in [0.05, 0.1) is 18.3 Å². The summed E-state index contributed by atoms with van der Waals surface area (Å²) < 4.78 is 29.1. The number of carbonyl (C=O) groups is 1. The fourth-order valence-electron chi connectivity index (χ4n) is 3.00. The summed E-state index contributed by atoms with van der Waals surface area (Å²) in [5.74, 6) is 0.691. The van der Waals surface area contributed by atoms with Crippen molar-refractivity contribution in [1.82, 2.24) is 4.90 Å². The lowest BCUT2D eigenvalue weighted by Crippen LogP contribution is -2.44. The van der Waals surface area contributed by atoms with Gasteiger partial charge in [-0.25, -0.2) is 8.42 Å². The summed E-state index contributed by atoms with van der Waals surface area (Å²) in [4.78, 5) is 14.4. The van der Waals surface area contributed by atoms with Crippen LogP contribution >= 0.6 is 0 Å². The van der Waals surface area contributed by atoms with Gasteiger partial charge >= 0.3 is 0 Å². The van der Waals surface area contributed by atoms with E-state index >= 15 is 0 Å². The van der Waals surface area contributed by atoms with Gasteiger partial charge in [-0.05, 0) is 37.5 Å². The molecule has 6 heteroatoms. The van der Waals surface area contributed by atoms with Crippen LogP contribution in [0, 0.1) is 0 Å². The van der Waals surface area contributed by atoms with Crippen molar-refractivity contribution in [3.63, 3.8) is 0 Å². The van der Waals surface area contributed by atoms with Gasteiger partial charge in [-0.1, -0.05) is 19.1 Å². The maximum absolute atomic E-state index is 12.7. The smallest absolute Gasteiger partial charge is 0.229 e. The highest BCUT2D eigenvalue weighted by atomic mass is 32.2. The summed E-state index contributed by atoms with van der Waals surface area (Å²) in [5, 5.41) is -0.302. The first-order valence-corrected chi connectivity index (χ1v) is 9.75. The van der Waals surface area contributed by atoms with Crippen molar-refractivity contribution in [2.24, 2.45) is 0 Å². The summed E-state index contributed by atoms with van der Waals surface area (Å²) in [6, 6.07) is 7.51. The van der Waals surface area contributed by atoms with Crippen LogP contribution in [0.25, 0.3) is 0 Å². The van der Waals surface area contributed by atoms with Crippen LogP contribution in [-0.2, 0) is 14.6 Å². The first-order chi connectivity index (χ1) is 10.9. The molecule has 0 N–H and O–H groups in total. The zero-order valence-corrected chi connectivity index (χ0v) is 14.8. The van der Waals surface area contributed by atoms with Gasteiger partial charge in [0.15, 0.2) is 9.84 Å². The summed E-state index contributed by atoms with van der Waals surface area (Å²) in [6.07, 6.45) is 1.07. The molecule has 1 atom stereocenters. The van der Waals surface area contributed by atoms with Crippen LogP contribution < -0.4 is 4.74 Å². The van der Waals surface area contributed by atoms with E-state index in [2.05, 4.69) is 0 Å². The summed E-state index contributed by atoms with van der Waals surface area (Å²) in [7, 11) is -1.40. The zero-order chi connectivity index (χ0) is 17.0. The van der Waals surface area contributed by atoms with E-state index in [1.165, 1.54) is 0 Å². The van der Waals surface area contributed by atoms with Gasteiger partial charge in [-0.15, -0.1) is 0 Å². The van der Waals surface area contributed by atoms with Crippen LogP contribution in [0.2, 0.25) is 0 Å². The molecule has 2 rings (SSSR count). The van der Waals surface area contributed by atoms with E-state index in [0.29, 0.717) is 25.9 Å². The third-order valence-corrected chi connectivity index (χ3v) is 6.92. The van der Waals surface area contributed by atoms with Gasteiger partial charge in [-0.3, -0.25) is 4.79 Å². The molecule has 5 nitrogen and oxygen atoms in total. The third-order valence-electron chi connectivity index (χ3n) is 4.63. The van der Waals surface area contributed by atoms with E-state index in [9.17, 15) is 13.2 Å². The van der Waals surface area contributed by atoms with Crippen LogP contribution in [0.3, 0.4) is 0 Å². The van der Waals surface area contributed by atoms with Gasteiger partial charge in [0.2, 0.25) is 5.91 Å². The molecule has 1 aliphatic rings. The number of benzene rings is 1. The van der Waals surface area contributed by atoms with Gasteiger partial charge < -0.3 is 9.64 Å². The highest BCUT2D eigenvalue weighted by Crippen LogP contribution is 2.25. The van der Waals surface area contributed by atoms with Gasteiger partial charge in [0.1, 0.15) is 5.75 Å². The Kier molecular flexibility index (Phi) is 5.68. The number of sulfone groups is 1. The largest absolute Gasteiger partial charge is 0.497 e. The number of piperidine rings is 1. The predicted molar refractivity (Wildman–Crippen MR) is 90.5 cm³/mol. The SMILES string of the molecule is CCS(=O)(=O)C1CCN(C(=O)C(C)c2cccc(OC)c2)CC1. The first-order valence-electron chi connectivity index (χ1n) is 8.03. The quantitative estimate of drug-likeness (QED) is 0.825. The Morgan fingerprint density at radius 1 is 1.35 bits per heavy atom. The second-order valence-corrected chi connectivity index (χ2v) is 8.54. The maximum Gasteiger partial charge on any atom is 0.229 e. The number of rotatable bonds is 5. The minimum Gasteiger partial charge on any atom is -0.497 e. The second-order valence-electron chi connectivity index (χ2n) is 5.97. The van der Waals surface area contributed by atoms with Crippen molar-refractivity contribution in [1.29, 1.82) is 0 Å². The highest BCUT2D eigenvalue weighted by molar-refractivity contribution is 7.92. The molecular formula is C17H25NO4S. The zero-order valence-electron chi connectivity index (χ0n) is 14.0. The van der Waals surface area contributed by atoms with E-state index in [0.717, 1.165) is 11.3 Å². The molecular weight excluding hydrogens is 314 g/mol. The van der Waals surface area contributed by atoms with E-state index < -0.39 is 9.84 Å². The highest BCUT2D eigenvalue weighted by Gasteiger charge is 2.32. The fourth-order valence-corrected chi connectivity index (χ4v) is 4.40. The lowest BCUT2D eigenvalue weighted by atomic mass is 9.98. The Bertz CT molecular complexity index is 648. The number of nitrogens with zero attached hydrogens (tertiary/aromatic N) is 1. The maximum atomic E-state index is 12.7. The monoisotopic (exact) mass is 339 g/mol. The number of likely N-dealkylation sites (tertiary alicyclic amines) is 1. The molecule has 128 valence electrons. The molecule has 0 bridgehead atoms. The van der Waals surface area contributed by atoms with Crippen molar-refractivity contribution in [2.45, 2.75) is 37.9 Å². The van der Waals surface area contributed by atoms with E-state index in [1.807, 2.05) is 31.2 Å². The average molecular weight is 339 g/mol. The number of methoxy groups -OCH3 is 1. The molecule has 0 aliphatic carbocycles. The summed E-state index contributed by atoms with van der Waals surface area (Å²) >= 11 is 0. The lowest BCUT2D eigenvalue weighted by molar-refractivity contribution is -0.133. The molecule has 0 aromatic heterocycles. The van der Waals surface area contributed by atoms with E-state index in [-0.39, 0.29) is 22.8 Å². The predicted octanol–water partition coefficient (Wildman–Crippen LogP) is 2.22. The van der Waals surface area contributed by atoms with Gasteiger partial charge in [0.25, 0.3) is 0 Å². The van der Waals surface area contributed by atoms with Crippen LogP contribution in [0.1, 0.15) is 38.2 Å². The molecule has 0 radical (unpaired) electrons. The van der Waals surface area contributed by atoms with Crippen LogP contribution in [-0.4, -0.2) is 50.4 Å².